The van der Waals surface area contributed by atoms with Crippen LogP contribution in [0.3, 0.4) is 0 Å². The first kappa shape index (κ1) is 22.2. The van der Waals surface area contributed by atoms with Crippen molar-refractivity contribution in [1.82, 2.24) is 15.5 Å². The average molecular weight is 355 g/mol. The summed E-state index contributed by atoms with van der Waals surface area (Å²) in [6.07, 6.45) is 9.70. The van der Waals surface area contributed by atoms with E-state index in [-0.39, 0.29) is 6.61 Å². The van der Waals surface area contributed by atoms with E-state index in [1.165, 1.54) is 45.2 Å². The fourth-order valence-electron chi connectivity index (χ4n) is 3.62. The lowest BCUT2D eigenvalue weighted by Gasteiger charge is -2.33. The molecule has 0 saturated carbocycles. The number of nitrogens with one attached hydrogen (secondary N) is 2. The fraction of sp³-hybridized carbons (Fsp3) is 0.950. The number of hydrogen-bond donors (Lipinski definition) is 3. The van der Waals surface area contributed by atoms with Gasteiger partial charge in [-0.15, -0.1) is 0 Å². The highest BCUT2D eigenvalue weighted by Gasteiger charge is 2.17. The van der Waals surface area contributed by atoms with Gasteiger partial charge < -0.3 is 20.6 Å². The molecule has 1 rings (SSSR count). The summed E-state index contributed by atoms with van der Waals surface area (Å²) >= 11 is 0. The number of aliphatic hydroxyl groups excluding tert-OH is 1. The highest BCUT2D eigenvalue weighted by atomic mass is 16.3. The molecule has 3 N–H and O–H groups in total. The van der Waals surface area contributed by atoms with Gasteiger partial charge in [0.15, 0.2) is 5.96 Å². The largest absolute Gasteiger partial charge is 0.396 e. The molecular formula is C20H42N4O. The first-order valence-corrected chi connectivity index (χ1v) is 10.6. The Morgan fingerprint density at radius 3 is 2.72 bits per heavy atom. The Balaban J connectivity index is 2.25. The van der Waals surface area contributed by atoms with Crippen LogP contribution >= 0.6 is 0 Å². The van der Waals surface area contributed by atoms with Crippen LogP contribution in [0.25, 0.3) is 0 Å². The number of aliphatic imine (C=N–C) groups is 1. The smallest absolute Gasteiger partial charge is 0.191 e. The van der Waals surface area contributed by atoms with Gasteiger partial charge in [-0.25, -0.2) is 0 Å². The second kappa shape index (κ2) is 14.4. The molecule has 2 unspecified atom stereocenters. The van der Waals surface area contributed by atoms with Crippen LogP contribution in [0.4, 0.5) is 0 Å². The summed E-state index contributed by atoms with van der Waals surface area (Å²) in [6.45, 7) is 12.1. The molecule has 0 bridgehead atoms. The molecule has 0 spiro atoms. The van der Waals surface area contributed by atoms with Gasteiger partial charge in [0.05, 0.1) is 0 Å². The van der Waals surface area contributed by atoms with Gasteiger partial charge in [-0.3, -0.25) is 4.99 Å². The monoisotopic (exact) mass is 354 g/mol. The van der Waals surface area contributed by atoms with E-state index >= 15 is 0 Å². The zero-order chi connectivity index (χ0) is 18.3. The molecular weight excluding hydrogens is 312 g/mol. The number of hydrogen-bond acceptors (Lipinski definition) is 3. The van der Waals surface area contributed by atoms with Gasteiger partial charge in [-0.2, -0.15) is 0 Å². The number of rotatable bonds is 12. The zero-order valence-corrected chi connectivity index (χ0v) is 16.9. The fourth-order valence-corrected chi connectivity index (χ4v) is 3.62. The van der Waals surface area contributed by atoms with Gasteiger partial charge >= 0.3 is 0 Å². The van der Waals surface area contributed by atoms with E-state index in [1.807, 2.05) is 0 Å². The maximum atomic E-state index is 9.17. The van der Waals surface area contributed by atoms with E-state index in [1.54, 1.807) is 0 Å². The minimum Gasteiger partial charge on any atom is -0.396 e. The third kappa shape index (κ3) is 10.0. The summed E-state index contributed by atoms with van der Waals surface area (Å²) in [6, 6.07) is 0.766. The standard InChI is InChI=1S/C20H42N4O/c1-4-10-19(12-16-25)17-23-20(21-5-2)22-13-7-9-15-24-14-8-6-11-18(24)3/h18-19,25H,4-17H2,1-3H3,(H2,21,22,23). The van der Waals surface area contributed by atoms with Crippen LogP contribution in [0.1, 0.15) is 72.1 Å². The summed E-state index contributed by atoms with van der Waals surface area (Å²) < 4.78 is 0. The number of likely N-dealkylation sites (tertiary alicyclic amines) is 1. The first-order chi connectivity index (χ1) is 12.2. The van der Waals surface area contributed by atoms with Crippen molar-refractivity contribution in [3.8, 4) is 0 Å². The van der Waals surface area contributed by atoms with Crippen molar-refractivity contribution >= 4 is 5.96 Å². The van der Waals surface area contributed by atoms with E-state index < -0.39 is 0 Å². The number of nitrogens with zero attached hydrogens (tertiary/aromatic N) is 2. The molecule has 1 saturated heterocycles. The third-order valence-electron chi connectivity index (χ3n) is 5.19. The molecule has 1 aliphatic rings. The Labute approximate surface area is 155 Å². The SMILES string of the molecule is CCCC(CCO)CN=C(NCC)NCCCCN1CCCCC1C. The lowest BCUT2D eigenvalue weighted by molar-refractivity contribution is 0.158. The first-order valence-electron chi connectivity index (χ1n) is 10.6. The van der Waals surface area contributed by atoms with Crippen LogP contribution in [0.5, 0.6) is 0 Å². The Hall–Kier alpha value is -0.810. The average Bonchev–Trinajstić information content (AvgIpc) is 2.61. The number of piperidine rings is 1. The molecule has 2 atom stereocenters. The maximum absolute atomic E-state index is 9.17. The van der Waals surface area contributed by atoms with Crippen molar-refractivity contribution in [3.63, 3.8) is 0 Å². The van der Waals surface area contributed by atoms with Crippen molar-refractivity contribution in [3.05, 3.63) is 0 Å². The predicted molar refractivity (Wildman–Crippen MR) is 108 cm³/mol. The van der Waals surface area contributed by atoms with Crippen LogP contribution < -0.4 is 10.6 Å². The van der Waals surface area contributed by atoms with Gasteiger partial charge in [0.25, 0.3) is 0 Å². The lowest BCUT2D eigenvalue weighted by Crippen LogP contribution is -2.39. The molecule has 0 aromatic rings. The van der Waals surface area contributed by atoms with Crippen LogP contribution in [0, 0.1) is 5.92 Å². The highest BCUT2D eigenvalue weighted by molar-refractivity contribution is 5.79. The molecule has 0 aromatic heterocycles. The summed E-state index contributed by atoms with van der Waals surface area (Å²) in [5.41, 5.74) is 0. The van der Waals surface area contributed by atoms with E-state index in [9.17, 15) is 5.11 Å². The van der Waals surface area contributed by atoms with E-state index in [2.05, 4.69) is 36.3 Å². The van der Waals surface area contributed by atoms with Gasteiger partial charge in [-0.1, -0.05) is 19.8 Å². The normalized spacial score (nSPS) is 20.5. The Bertz CT molecular complexity index is 343. The minimum atomic E-state index is 0.263. The van der Waals surface area contributed by atoms with Crippen LogP contribution in [0.15, 0.2) is 4.99 Å². The summed E-state index contributed by atoms with van der Waals surface area (Å²) in [7, 11) is 0. The number of unbranched alkanes of at least 4 members (excludes halogenated alkanes) is 1. The van der Waals surface area contributed by atoms with Crippen LogP contribution in [-0.2, 0) is 0 Å². The summed E-state index contributed by atoms with van der Waals surface area (Å²) in [5.74, 6) is 1.42. The molecule has 5 heteroatoms. The highest BCUT2D eigenvalue weighted by Crippen LogP contribution is 2.16. The van der Waals surface area contributed by atoms with Gasteiger partial charge in [0.1, 0.15) is 0 Å². The van der Waals surface area contributed by atoms with Crippen LogP contribution in [-0.4, -0.2) is 61.3 Å². The number of guanidine groups is 1. The Morgan fingerprint density at radius 1 is 1.20 bits per heavy atom. The van der Waals surface area contributed by atoms with E-state index in [4.69, 9.17) is 4.99 Å². The summed E-state index contributed by atoms with van der Waals surface area (Å²) in [4.78, 5) is 7.37. The van der Waals surface area contributed by atoms with Gasteiger partial charge in [0, 0.05) is 32.3 Å². The minimum absolute atomic E-state index is 0.263. The molecule has 1 fully saturated rings. The Kier molecular flexibility index (Phi) is 12.8. The molecule has 1 heterocycles. The van der Waals surface area contributed by atoms with Crippen LogP contribution in [0.2, 0.25) is 0 Å². The third-order valence-corrected chi connectivity index (χ3v) is 5.19. The lowest BCUT2D eigenvalue weighted by atomic mass is 10.0. The maximum Gasteiger partial charge on any atom is 0.191 e. The van der Waals surface area contributed by atoms with Crippen molar-refractivity contribution in [2.75, 3.05) is 39.3 Å². The zero-order valence-electron chi connectivity index (χ0n) is 16.9. The van der Waals surface area contributed by atoms with Gasteiger partial charge in [-0.05, 0) is 71.4 Å². The molecule has 0 amide bonds. The quantitative estimate of drug-likeness (QED) is 0.286. The van der Waals surface area contributed by atoms with Gasteiger partial charge in [0.2, 0.25) is 0 Å². The summed E-state index contributed by atoms with van der Waals surface area (Å²) in [5, 5.41) is 16.0. The number of aliphatic hydroxyl groups is 1. The van der Waals surface area contributed by atoms with Crippen molar-refractivity contribution < 1.29 is 5.11 Å². The van der Waals surface area contributed by atoms with E-state index in [0.29, 0.717) is 5.92 Å². The molecule has 0 aliphatic carbocycles. The molecule has 5 nitrogen and oxygen atoms in total. The molecule has 1 aliphatic heterocycles. The second-order valence-corrected chi connectivity index (χ2v) is 7.40. The van der Waals surface area contributed by atoms with Crippen molar-refractivity contribution in [2.45, 2.75) is 78.2 Å². The van der Waals surface area contributed by atoms with Crippen molar-refractivity contribution in [2.24, 2.45) is 10.9 Å². The molecule has 25 heavy (non-hydrogen) atoms. The topological polar surface area (TPSA) is 59.9 Å². The molecule has 148 valence electrons. The Morgan fingerprint density at radius 2 is 2.04 bits per heavy atom. The van der Waals surface area contributed by atoms with Crippen molar-refractivity contribution in [1.29, 1.82) is 0 Å². The molecule has 0 radical (unpaired) electrons. The molecule has 0 aromatic carbocycles. The predicted octanol–water partition coefficient (Wildman–Crippen LogP) is 2.99. The second-order valence-electron chi connectivity index (χ2n) is 7.40. The van der Waals surface area contributed by atoms with E-state index in [0.717, 1.165) is 50.9 Å².